The first-order chi connectivity index (χ1) is 10.2. The number of carboxylic acids is 1. The molecule has 0 bridgehead atoms. The second kappa shape index (κ2) is 7.37. The summed E-state index contributed by atoms with van der Waals surface area (Å²) in [4.78, 5) is 24.1. The maximum Gasteiger partial charge on any atom is 0.308 e. The Bertz CT molecular complexity index is 630. The predicted molar refractivity (Wildman–Crippen MR) is 80.7 cm³/mol. The fourth-order valence-corrected chi connectivity index (χ4v) is 2.90. The van der Waals surface area contributed by atoms with Crippen LogP contribution in [0, 0.1) is 5.92 Å². The highest BCUT2D eigenvalue weighted by atomic mass is 32.2. The Hall–Kier alpha value is -1.93. The lowest BCUT2D eigenvalue weighted by Crippen LogP contribution is -2.41. The van der Waals surface area contributed by atoms with Gasteiger partial charge in [0.05, 0.1) is 17.4 Å². The van der Waals surface area contributed by atoms with Gasteiger partial charge in [0.2, 0.25) is 15.9 Å². The molecule has 1 rings (SSSR count). The molecule has 0 aliphatic carbocycles. The number of nitrogens with zero attached hydrogens (tertiary/aromatic N) is 2. The molecule has 1 amide bonds. The van der Waals surface area contributed by atoms with Crippen molar-refractivity contribution in [2.24, 2.45) is 5.92 Å². The fraction of sp³-hybridized carbons (Fsp3) is 0.429. The number of carbonyl (C=O) groups is 2. The molecule has 0 spiro atoms. The van der Waals surface area contributed by atoms with Crippen molar-refractivity contribution in [2.75, 3.05) is 27.2 Å². The van der Waals surface area contributed by atoms with Crippen LogP contribution in [0.3, 0.4) is 0 Å². The maximum atomic E-state index is 12.3. The number of aliphatic carboxylic acids is 1. The van der Waals surface area contributed by atoms with Crippen LogP contribution in [-0.2, 0) is 19.6 Å². The molecule has 1 unspecified atom stereocenters. The van der Waals surface area contributed by atoms with E-state index in [1.165, 1.54) is 38.1 Å². The third kappa shape index (κ3) is 4.54. The molecule has 1 aromatic rings. The van der Waals surface area contributed by atoms with Gasteiger partial charge < -0.3 is 10.0 Å². The molecule has 7 nitrogen and oxygen atoms in total. The van der Waals surface area contributed by atoms with Crippen molar-refractivity contribution < 1.29 is 23.1 Å². The van der Waals surface area contributed by atoms with E-state index in [2.05, 4.69) is 0 Å². The molecule has 8 heteroatoms. The van der Waals surface area contributed by atoms with Gasteiger partial charge in [0.25, 0.3) is 0 Å². The van der Waals surface area contributed by atoms with Gasteiger partial charge in [-0.1, -0.05) is 25.1 Å². The highest BCUT2D eigenvalue weighted by Crippen LogP contribution is 2.13. The Kier molecular flexibility index (Phi) is 6.07. The number of hydrogen-bond acceptors (Lipinski definition) is 4. The average molecular weight is 328 g/mol. The Labute approximate surface area is 130 Å². The molecule has 122 valence electrons. The summed E-state index contributed by atoms with van der Waals surface area (Å²) in [7, 11) is -0.980. The van der Waals surface area contributed by atoms with Crippen molar-refractivity contribution in [1.29, 1.82) is 0 Å². The number of sulfonamides is 1. The molecule has 0 saturated carbocycles. The molecule has 0 aliphatic heterocycles. The first-order valence-electron chi connectivity index (χ1n) is 6.64. The van der Waals surface area contributed by atoms with Crippen LogP contribution in [0.15, 0.2) is 35.2 Å². The highest BCUT2D eigenvalue weighted by Gasteiger charge is 2.25. The van der Waals surface area contributed by atoms with Crippen LogP contribution in [0.4, 0.5) is 0 Å². The minimum Gasteiger partial charge on any atom is -0.481 e. The summed E-state index contributed by atoms with van der Waals surface area (Å²) in [5.41, 5.74) is 0. The van der Waals surface area contributed by atoms with E-state index < -0.39 is 27.8 Å². The highest BCUT2D eigenvalue weighted by molar-refractivity contribution is 7.89. The summed E-state index contributed by atoms with van der Waals surface area (Å²) in [5, 5.41) is 8.83. The lowest BCUT2D eigenvalue weighted by molar-refractivity contribution is -0.142. The van der Waals surface area contributed by atoms with E-state index in [9.17, 15) is 18.0 Å². The number of hydrogen-bond donors (Lipinski definition) is 1. The first-order valence-corrected chi connectivity index (χ1v) is 8.08. The van der Waals surface area contributed by atoms with Crippen LogP contribution in [0.25, 0.3) is 0 Å². The zero-order valence-electron chi connectivity index (χ0n) is 12.8. The third-order valence-corrected chi connectivity index (χ3v) is 5.02. The second-order valence-corrected chi connectivity index (χ2v) is 7.13. The van der Waals surface area contributed by atoms with E-state index in [-0.39, 0.29) is 18.0 Å². The van der Waals surface area contributed by atoms with Crippen LogP contribution in [0.1, 0.15) is 6.92 Å². The first kappa shape index (κ1) is 18.1. The SMILES string of the molecule is CC(CN(C)C(=O)CN(C)S(=O)(=O)c1ccccc1)C(=O)O. The van der Waals surface area contributed by atoms with Crippen molar-refractivity contribution in [2.45, 2.75) is 11.8 Å². The Morgan fingerprint density at radius 3 is 2.23 bits per heavy atom. The molecule has 0 fully saturated rings. The van der Waals surface area contributed by atoms with Crippen molar-refractivity contribution in [1.82, 2.24) is 9.21 Å². The van der Waals surface area contributed by atoms with Gasteiger partial charge in [-0.2, -0.15) is 4.31 Å². The quantitative estimate of drug-likeness (QED) is 0.786. The number of amides is 1. The van der Waals surface area contributed by atoms with Gasteiger partial charge in [0.1, 0.15) is 0 Å². The standard InChI is InChI=1S/C14H20N2O5S/c1-11(14(18)19)9-15(2)13(17)10-16(3)22(20,21)12-7-5-4-6-8-12/h4-8,11H,9-10H2,1-3H3,(H,18,19). The molecule has 0 heterocycles. The summed E-state index contributed by atoms with van der Waals surface area (Å²) < 4.78 is 25.5. The van der Waals surface area contributed by atoms with E-state index in [4.69, 9.17) is 5.11 Å². The summed E-state index contributed by atoms with van der Waals surface area (Å²) in [6.07, 6.45) is 0. The molecule has 22 heavy (non-hydrogen) atoms. The molecule has 0 radical (unpaired) electrons. The van der Waals surface area contributed by atoms with Crippen molar-refractivity contribution in [3.05, 3.63) is 30.3 Å². The number of carboxylic acid groups (broad SMARTS) is 1. The van der Waals surface area contributed by atoms with Crippen molar-refractivity contribution >= 4 is 21.9 Å². The number of rotatable bonds is 7. The second-order valence-electron chi connectivity index (χ2n) is 5.09. The molecule has 0 aliphatic rings. The van der Waals surface area contributed by atoms with Gasteiger partial charge in [-0.15, -0.1) is 0 Å². The number of likely N-dealkylation sites (N-methyl/N-ethyl adjacent to an activating group) is 2. The fourth-order valence-electron chi connectivity index (χ4n) is 1.76. The van der Waals surface area contributed by atoms with Gasteiger partial charge in [-0.05, 0) is 12.1 Å². The van der Waals surface area contributed by atoms with Gasteiger partial charge in [-0.3, -0.25) is 9.59 Å². The van der Waals surface area contributed by atoms with E-state index >= 15 is 0 Å². The van der Waals surface area contributed by atoms with Gasteiger partial charge >= 0.3 is 5.97 Å². The topological polar surface area (TPSA) is 95.0 Å². The van der Waals surface area contributed by atoms with Gasteiger partial charge in [0, 0.05) is 20.6 Å². The Balaban J connectivity index is 2.74. The van der Waals surface area contributed by atoms with Crippen LogP contribution in [-0.4, -0.2) is 61.8 Å². The zero-order valence-corrected chi connectivity index (χ0v) is 13.6. The maximum absolute atomic E-state index is 12.3. The van der Waals surface area contributed by atoms with Crippen LogP contribution >= 0.6 is 0 Å². The molecule has 1 N–H and O–H groups in total. The molecule has 0 aromatic heterocycles. The van der Waals surface area contributed by atoms with Crippen LogP contribution < -0.4 is 0 Å². The minimum atomic E-state index is -3.74. The largest absolute Gasteiger partial charge is 0.481 e. The van der Waals surface area contributed by atoms with E-state index in [0.29, 0.717) is 0 Å². The summed E-state index contributed by atoms with van der Waals surface area (Å²) in [6, 6.07) is 7.80. The molecule has 1 aromatic carbocycles. The molecule has 0 saturated heterocycles. The number of benzene rings is 1. The van der Waals surface area contributed by atoms with Crippen LogP contribution in [0.2, 0.25) is 0 Å². The smallest absolute Gasteiger partial charge is 0.308 e. The predicted octanol–water partition coefficient (Wildman–Crippen LogP) is 0.486. The van der Waals surface area contributed by atoms with Gasteiger partial charge in [-0.25, -0.2) is 8.42 Å². The normalized spacial score (nSPS) is 12.9. The lowest BCUT2D eigenvalue weighted by Gasteiger charge is -2.23. The third-order valence-electron chi connectivity index (χ3n) is 3.20. The van der Waals surface area contributed by atoms with Crippen LogP contribution in [0.5, 0.6) is 0 Å². The number of carbonyl (C=O) groups excluding carboxylic acids is 1. The molecule has 1 atom stereocenters. The van der Waals surface area contributed by atoms with E-state index in [1.807, 2.05) is 0 Å². The van der Waals surface area contributed by atoms with Gasteiger partial charge in [0.15, 0.2) is 0 Å². The molecular formula is C14H20N2O5S. The molecular weight excluding hydrogens is 308 g/mol. The summed E-state index contributed by atoms with van der Waals surface area (Å²) in [5.74, 6) is -2.19. The summed E-state index contributed by atoms with van der Waals surface area (Å²) >= 11 is 0. The monoisotopic (exact) mass is 328 g/mol. The lowest BCUT2D eigenvalue weighted by atomic mass is 10.2. The minimum absolute atomic E-state index is 0.0212. The van der Waals surface area contributed by atoms with Crippen molar-refractivity contribution in [3.8, 4) is 0 Å². The van der Waals surface area contributed by atoms with E-state index in [1.54, 1.807) is 18.2 Å². The summed E-state index contributed by atoms with van der Waals surface area (Å²) in [6.45, 7) is 1.16. The Morgan fingerprint density at radius 1 is 1.18 bits per heavy atom. The Morgan fingerprint density at radius 2 is 1.73 bits per heavy atom. The van der Waals surface area contributed by atoms with Crippen molar-refractivity contribution in [3.63, 3.8) is 0 Å². The average Bonchev–Trinajstić information content (AvgIpc) is 2.47. The zero-order chi connectivity index (χ0) is 16.9. The van der Waals surface area contributed by atoms with E-state index in [0.717, 1.165) is 4.31 Å².